The van der Waals surface area contributed by atoms with E-state index >= 15 is 0 Å². The molecule has 1 atom stereocenters. The average Bonchev–Trinajstić information content (AvgIpc) is 3.10. The molecular weight excluding hydrogens is 356 g/mol. The molecule has 0 amide bonds. The number of morpholine rings is 1. The lowest BCUT2D eigenvalue weighted by molar-refractivity contribution is -0.0504. The minimum atomic E-state index is -2.86. The van der Waals surface area contributed by atoms with Crippen molar-refractivity contribution < 1.29 is 18.3 Å². The fraction of sp³-hybridized carbons (Fsp3) is 0.444. The van der Waals surface area contributed by atoms with E-state index in [1.807, 2.05) is 13.2 Å². The van der Waals surface area contributed by atoms with Crippen molar-refractivity contribution in [2.24, 2.45) is 12.0 Å². The highest BCUT2D eigenvalue weighted by atomic mass is 19.3. The molecule has 1 fully saturated rings. The van der Waals surface area contributed by atoms with Gasteiger partial charge in [0.2, 0.25) is 0 Å². The van der Waals surface area contributed by atoms with Crippen molar-refractivity contribution in [3.63, 3.8) is 0 Å². The summed E-state index contributed by atoms with van der Waals surface area (Å²) in [5, 5.41) is 7.41. The number of aromatic nitrogens is 2. The molecule has 9 heteroatoms. The van der Waals surface area contributed by atoms with E-state index in [2.05, 4.69) is 25.0 Å². The highest BCUT2D eigenvalue weighted by Crippen LogP contribution is 2.22. The van der Waals surface area contributed by atoms with Crippen molar-refractivity contribution in [3.05, 3.63) is 47.8 Å². The van der Waals surface area contributed by atoms with Crippen molar-refractivity contribution in [1.29, 1.82) is 0 Å². The van der Waals surface area contributed by atoms with Gasteiger partial charge in [-0.25, -0.2) is 0 Å². The summed E-state index contributed by atoms with van der Waals surface area (Å²) in [5.74, 6) is 0.838. The van der Waals surface area contributed by atoms with E-state index in [9.17, 15) is 8.78 Å². The number of benzene rings is 1. The summed E-state index contributed by atoms with van der Waals surface area (Å²) in [6, 6.07) is 6.72. The van der Waals surface area contributed by atoms with Gasteiger partial charge < -0.3 is 19.7 Å². The number of nitrogens with zero attached hydrogens (tertiary/aromatic N) is 4. The van der Waals surface area contributed by atoms with Crippen molar-refractivity contribution in [3.8, 4) is 5.75 Å². The molecule has 0 saturated carbocycles. The fourth-order valence-corrected chi connectivity index (χ4v) is 3.02. The Bertz CT molecular complexity index is 781. The zero-order chi connectivity index (χ0) is 19.2. The molecule has 0 radical (unpaired) electrons. The molecule has 3 rings (SSSR count). The Morgan fingerprint density at radius 1 is 1.44 bits per heavy atom. The summed E-state index contributed by atoms with van der Waals surface area (Å²) in [6.45, 7) is -0.660. The molecule has 1 aromatic heterocycles. The maximum absolute atomic E-state index is 12.6. The van der Waals surface area contributed by atoms with Gasteiger partial charge in [0.25, 0.3) is 0 Å². The lowest BCUT2D eigenvalue weighted by Gasteiger charge is -2.34. The standard InChI is InChI=1S/C18H23F2N5O2/c1-21-18(22-9-13-5-3-4-6-15(13)27-17(19)20)25-7-8-26-16(12-25)14-10-23-24(2)11-14/h3-6,10-11,16-17H,7-9,12H2,1-2H3,(H,21,22). The van der Waals surface area contributed by atoms with Crippen LogP contribution in [0.5, 0.6) is 5.75 Å². The van der Waals surface area contributed by atoms with Crippen LogP contribution in [0.4, 0.5) is 8.78 Å². The molecule has 0 spiro atoms. The number of nitrogens with one attached hydrogen (secondary N) is 1. The molecule has 1 unspecified atom stereocenters. The quantitative estimate of drug-likeness (QED) is 0.637. The second kappa shape index (κ2) is 8.81. The lowest BCUT2D eigenvalue weighted by Crippen LogP contribution is -2.47. The predicted molar refractivity (Wildman–Crippen MR) is 96.7 cm³/mol. The zero-order valence-electron chi connectivity index (χ0n) is 15.3. The fourth-order valence-electron chi connectivity index (χ4n) is 3.02. The zero-order valence-corrected chi connectivity index (χ0v) is 15.3. The summed E-state index contributed by atoms with van der Waals surface area (Å²) in [4.78, 5) is 6.40. The van der Waals surface area contributed by atoms with Crippen molar-refractivity contribution in [2.75, 3.05) is 26.7 Å². The number of rotatable bonds is 5. The normalized spacial score (nSPS) is 18.0. The van der Waals surface area contributed by atoms with Crippen LogP contribution in [0.1, 0.15) is 17.2 Å². The molecule has 2 heterocycles. The first-order valence-electron chi connectivity index (χ1n) is 8.65. The number of aliphatic imine (C=N–C) groups is 1. The molecule has 1 aromatic carbocycles. The minimum Gasteiger partial charge on any atom is -0.434 e. The van der Waals surface area contributed by atoms with Crippen LogP contribution in [0.3, 0.4) is 0 Å². The summed E-state index contributed by atoms with van der Waals surface area (Å²) in [5.41, 5.74) is 1.64. The van der Waals surface area contributed by atoms with Crippen molar-refractivity contribution in [2.45, 2.75) is 19.3 Å². The van der Waals surface area contributed by atoms with Gasteiger partial charge in [-0.2, -0.15) is 13.9 Å². The van der Waals surface area contributed by atoms with Crippen LogP contribution in [0, 0.1) is 0 Å². The Labute approximate surface area is 156 Å². The van der Waals surface area contributed by atoms with Crippen LogP contribution < -0.4 is 10.1 Å². The van der Waals surface area contributed by atoms with Crippen LogP contribution >= 0.6 is 0 Å². The van der Waals surface area contributed by atoms with E-state index in [1.165, 1.54) is 6.07 Å². The Balaban J connectivity index is 1.64. The molecule has 2 aromatic rings. The summed E-state index contributed by atoms with van der Waals surface area (Å²) in [6.07, 6.45) is 3.63. The van der Waals surface area contributed by atoms with E-state index in [1.54, 1.807) is 36.1 Å². The second-order valence-electron chi connectivity index (χ2n) is 6.14. The summed E-state index contributed by atoms with van der Waals surface area (Å²) >= 11 is 0. The number of aryl methyl sites for hydroxylation is 1. The van der Waals surface area contributed by atoms with Gasteiger partial charge in [-0.15, -0.1) is 0 Å². The Morgan fingerprint density at radius 2 is 2.26 bits per heavy atom. The molecule has 0 bridgehead atoms. The van der Waals surface area contributed by atoms with Gasteiger partial charge in [-0.1, -0.05) is 18.2 Å². The maximum atomic E-state index is 12.6. The third-order valence-electron chi connectivity index (χ3n) is 4.30. The van der Waals surface area contributed by atoms with Crippen LogP contribution in [0.15, 0.2) is 41.7 Å². The van der Waals surface area contributed by atoms with Gasteiger partial charge in [-0.05, 0) is 6.07 Å². The Kier molecular flexibility index (Phi) is 6.23. The van der Waals surface area contributed by atoms with Crippen LogP contribution in [-0.4, -0.2) is 54.0 Å². The smallest absolute Gasteiger partial charge is 0.387 e. The monoisotopic (exact) mass is 379 g/mol. The van der Waals surface area contributed by atoms with Gasteiger partial charge in [0, 0.05) is 44.5 Å². The SMILES string of the molecule is CN=C(NCc1ccccc1OC(F)F)N1CCOC(c2cnn(C)c2)C1. The van der Waals surface area contributed by atoms with Gasteiger partial charge in [0.1, 0.15) is 11.9 Å². The second-order valence-corrected chi connectivity index (χ2v) is 6.14. The minimum absolute atomic E-state index is 0.0968. The number of hydrogen-bond acceptors (Lipinski definition) is 4. The molecule has 7 nitrogen and oxygen atoms in total. The number of alkyl halides is 2. The molecule has 146 valence electrons. The van der Waals surface area contributed by atoms with Gasteiger partial charge in [0.05, 0.1) is 19.3 Å². The largest absolute Gasteiger partial charge is 0.434 e. The van der Waals surface area contributed by atoms with Crippen molar-refractivity contribution in [1.82, 2.24) is 20.0 Å². The number of para-hydroxylation sites is 1. The first-order chi connectivity index (χ1) is 13.1. The van der Waals surface area contributed by atoms with Gasteiger partial charge >= 0.3 is 6.61 Å². The van der Waals surface area contributed by atoms with Gasteiger partial charge in [-0.3, -0.25) is 9.67 Å². The van der Waals surface area contributed by atoms with E-state index in [0.717, 1.165) is 5.56 Å². The van der Waals surface area contributed by atoms with E-state index in [0.29, 0.717) is 37.8 Å². The third kappa shape index (κ3) is 4.94. The highest BCUT2D eigenvalue weighted by Gasteiger charge is 2.25. The lowest BCUT2D eigenvalue weighted by atomic mass is 10.1. The number of halogens is 2. The molecule has 0 aliphatic carbocycles. The molecule has 1 saturated heterocycles. The molecular formula is C18H23F2N5O2. The first kappa shape index (κ1) is 19.1. The van der Waals surface area contributed by atoms with Crippen LogP contribution in [0.2, 0.25) is 0 Å². The predicted octanol–water partition coefficient (Wildman–Crippen LogP) is 2.17. The first-order valence-corrected chi connectivity index (χ1v) is 8.65. The number of hydrogen-bond donors (Lipinski definition) is 1. The van der Waals surface area contributed by atoms with Crippen molar-refractivity contribution >= 4 is 5.96 Å². The highest BCUT2D eigenvalue weighted by molar-refractivity contribution is 5.80. The summed E-state index contributed by atoms with van der Waals surface area (Å²) in [7, 11) is 3.56. The number of ether oxygens (including phenoxy) is 2. The van der Waals surface area contributed by atoms with Gasteiger partial charge in [0.15, 0.2) is 5.96 Å². The molecule has 27 heavy (non-hydrogen) atoms. The van der Waals surface area contributed by atoms with Crippen LogP contribution in [-0.2, 0) is 18.3 Å². The Morgan fingerprint density at radius 3 is 2.96 bits per heavy atom. The van der Waals surface area contributed by atoms with E-state index in [-0.39, 0.29) is 11.9 Å². The molecule has 1 aliphatic heterocycles. The van der Waals surface area contributed by atoms with E-state index in [4.69, 9.17) is 4.74 Å². The maximum Gasteiger partial charge on any atom is 0.387 e. The van der Waals surface area contributed by atoms with E-state index < -0.39 is 6.61 Å². The Hall–Kier alpha value is -2.68. The summed E-state index contributed by atoms with van der Waals surface area (Å²) < 4.78 is 37.3. The van der Waals surface area contributed by atoms with Crippen LogP contribution in [0.25, 0.3) is 0 Å². The molecule has 1 N–H and O–H groups in total. The average molecular weight is 379 g/mol. The topological polar surface area (TPSA) is 63.9 Å². The molecule has 1 aliphatic rings. The number of guanidine groups is 1. The third-order valence-corrected chi connectivity index (χ3v) is 4.30.